The van der Waals surface area contributed by atoms with Gasteiger partial charge in [-0.05, 0) is 6.92 Å². The summed E-state index contributed by atoms with van der Waals surface area (Å²) in [5, 5.41) is 55.9. The second-order valence-corrected chi connectivity index (χ2v) is 5.06. The fourth-order valence-corrected chi connectivity index (χ4v) is 1.69. The van der Waals surface area contributed by atoms with Gasteiger partial charge in [0.2, 0.25) is 5.91 Å². The first-order chi connectivity index (χ1) is 10.5. The van der Waals surface area contributed by atoms with E-state index in [1.165, 1.54) is 13.8 Å². The predicted octanol–water partition coefficient (Wildman–Crippen LogP) is -4.30. The van der Waals surface area contributed by atoms with E-state index in [4.69, 9.17) is 25.8 Å². The van der Waals surface area contributed by atoms with Crippen molar-refractivity contribution >= 4 is 11.9 Å². The summed E-state index contributed by atoms with van der Waals surface area (Å²) in [6.07, 6.45) is -6.22. The first kappa shape index (κ1) is 21.7. The number of aliphatic carboxylic acids is 1. The largest absolute Gasteiger partial charge is 0.480 e. The lowest BCUT2D eigenvalue weighted by molar-refractivity contribution is -0.253. The van der Waals surface area contributed by atoms with Crippen LogP contribution in [0.1, 0.15) is 13.8 Å². The molecule has 0 bridgehead atoms. The number of hydrogen-bond donors (Lipinski definition) is 8. The number of rotatable bonds is 4. The first-order valence-electron chi connectivity index (χ1n) is 6.77. The van der Waals surface area contributed by atoms with E-state index >= 15 is 0 Å². The Hall–Kier alpha value is -1.34. The van der Waals surface area contributed by atoms with Gasteiger partial charge in [0.25, 0.3) is 0 Å². The summed E-state index contributed by atoms with van der Waals surface area (Å²) in [6, 6.07) is -2.25. The van der Waals surface area contributed by atoms with Crippen LogP contribution in [0, 0.1) is 0 Å². The molecule has 136 valence electrons. The van der Waals surface area contributed by atoms with Crippen LogP contribution < -0.4 is 11.1 Å². The fraction of sp³-hybridized carbons (Fsp3) is 0.833. The molecular formula is C12H24N2O9. The van der Waals surface area contributed by atoms with Crippen molar-refractivity contribution in [2.45, 2.75) is 56.6 Å². The Bertz CT molecular complexity index is 393. The number of carboxylic acid groups (broad SMARTS) is 1. The number of ether oxygens (including phenoxy) is 1. The van der Waals surface area contributed by atoms with E-state index in [0.717, 1.165) is 0 Å². The van der Waals surface area contributed by atoms with Crippen LogP contribution in [0.15, 0.2) is 0 Å². The molecule has 1 heterocycles. The topological polar surface area (TPSA) is 203 Å². The third kappa shape index (κ3) is 6.74. The van der Waals surface area contributed by atoms with Crippen LogP contribution in [-0.2, 0) is 14.3 Å². The summed E-state index contributed by atoms with van der Waals surface area (Å²) in [7, 11) is 0. The van der Waals surface area contributed by atoms with E-state index < -0.39 is 61.3 Å². The van der Waals surface area contributed by atoms with Crippen molar-refractivity contribution in [2.24, 2.45) is 5.73 Å². The zero-order chi connectivity index (χ0) is 18.3. The van der Waals surface area contributed by atoms with E-state index in [9.17, 15) is 24.9 Å². The Morgan fingerprint density at radius 3 is 2.09 bits per heavy atom. The number of aliphatic hydroxyl groups is 5. The lowest BCUT2D eigenvalue weighted by Gasteiger charge is -2.40. The third-order valence-corrected chi connectivity index (χ3v) is 3.07. The second kappa shape index (κ2) is 9.72. The molecule has 0 aromatic heterocycles. The van der Waals surface area contributed by atoms with Crippen molar-refractivity contribution in [3.8, 4) is 0 Å². The predicted molar refractivity (Wildman–Crippen MR) is 74.9 cm³/mol. The number of nitrogens with one attached hydrogen (secondary N) is 1. The van der Waals surface area contributed by atoms with Gasteiger partial charge in [-0.3, -0.25) is 9.59 Å². The molecule has 1 aliphatic rings. The molecule has 3 unspecified atom stereocenters. The number of carboxylic acids is 1. The smallest absolute Gasteiger partial charge is 0.323 e. The van der Waals surface area contributed by atoms with Gasteiger partial charge in [-0.15, -0.1) is 0 Å². The maximum Gasteiger partial charge on any atom is 0.323 e. The maximum atomic E-state index is 10.7. The summed E-state index contributed by atoms with van der Waals surface area (Å²) < 4.78 is 4.81. The Morgan fingerprint density at radius 1 is 1.26 bits per heavy atom. The molecule has 11 heteroatoms. The van der Waals surface area contributed by atoms with Crippen molar-refractivity contribution in [3.05, 3.63) is 0 Å². The Labute approximate surface area is 132 Å². The molecule has 0 aliphatic carbocycles. The van der Waals surface area contributed by atoms with Crippen LogP contribution in [0.2, 0.25) is 0 Å². The van der Waals surface area contributed by atoms with Gasteiger partial charge in [-0.2, -0.15) is 0 Å². The van der Waals surface area contributed by atoms with Crippen molar-refractivity contribution in [1.29, 1.82) is 0 Å². The quantitative estimate of drug-likeness (QED) is 0.247. The van der Waals surface area contributed by atoms with Crippen molar-refractivity contribution in [2.75, 3.05) is 6.61 Å². The van der Waals surface area contributed by atoms with Gasteiger partial charge in [0.15, 0.2) is 6.29 Å². The fourth-order valence-electron chi connectivity index (χ4n) is 1.69. The Balaban J connectivity index is 0.000000515. The molecular weight excluding hydrogens is 316 g/mol. The van der Waals surface area contributed by atoms with Crippen LogP contribution in [0.25, 0.3) is 0 Å². The highest BCUT2D eigenvalue weighted by atomic mass is 16.6. The van der Waals surface area contributed by atoms with Crippen molar-refractivity contribution in [3.63, 3.8) is 0 Å². The number of amides is 1. The first-order valence-corrected chi connectivity index (χ1v) is 6.77. The molecule has 1 fully saturated rings. The van der Waals surface area contributed by atoms with Gasteiger partial charge in [-0.1, -0.05) is 0 Å². The lowest BCUT2D eigenvalue weighted by atomic mass is 9.97. The minimum absolute atomic E-state index is 0.462. The minimum Gasteiger partial charge on any atom is -0.480 e. The molecule has 11 nitrogen and oxygen atoms in total. The van der Waals surface area contributed by atoms with Crippen LogP contribution in [0.4, 0.5) is 0 Å². The van der Waals surface area contributed by atoms with Gasteiger partial charge in [0.1, 0.15) is 30.4 Å². The molecule has 0 radical (unpaired) electrons. The molecule has 23 heavy (non-hydrogen) atoms. The SMILES string of the molecule is CC(=O)N[C@@H]1C(O)O[C@@H](CO)[C@H](O)[C@H]1O.CC(O)C(N)C(=O)O. The van der Waals surface area contributed by atoms with E-state index in [1.54, 1.807) is 0 Å². The van der Waals surface area contributed by atoms with Crippen molar-refractivity contribution in [1.82, 2.24) is 5.32 Å². The highest BCUT2D eigenvalue weighted by Gasteiger charge is 2.43. The number of nitrogens with two attached hydrogens (primary N) is 1. The molecule has 0 aromatic rings. The zero-order valence-corrected chi connectivity index (χ0v) is 12.7. The molecule has 1 amide bonds. The monoisotopic (exact) mass is 340 g/mol. The molecule has 1 rings (SSSR count). The second-order valence-electron chi connectivity index (χ2n) is 5.06. The van der Waals surface area contributed by atoms with Crippen LogP contribution >= 0.6 is 0 Å². The van der Waals surface area contributed by atoms with Crippen LogP contribution in [0.5, 0.6) is 0 Å². The number of aliphatic hydroxyl groups excluding tert-OH is 5. The molecule has 0 saturated carbocycles. The molecule has 1 saturated heterocycles. The standard InChI is InChI=1S/C8H15NO6.C4H9NO3/c1-3(11)9-5-7(13)6(12)4(2-10)15-8(5)14;1-2(6)3(5)4(7)8/h4-8,10,12-14H,2H2,1H3,(H,9,11);2-3,6H,5H2,1H3,(H,7,8)/t4-,5-,6-,7-,8?;/m0./s1. The van der Waals surface area contributed by atoms with Gasteiger partial charge in [0.05, 0.1) is 12.7 Å². The molecule has 1 aliphatic heterocycles. The van der Waals surface area contributed by atoms with Gasteiger partial charge < -0.3 is 46.4 Å². The van der Waals surface area contributed by atoms with Gasteiger partial charge in [-0.25, -0.2) is 0 Å². The van der Waals surface area contributed by atoms with Gasteiger partial charge in [0, 0.05) is 6.92 Å². The normalized spacial score (nSPS) is 33.0. The molecule has 9 N–H and O–H groups in total. The summed E-state index contributed by atoms with van der Waals surface area (Å²) >= 11 is 0. The summed E-state index contributed by atoms with van der Waals surface area (Å²) in [5.74, 6) is -1.64. The number of carbonyl (C=O) groups is 2. The molecule has 0 aromatic carbocycles. The minimum atomic E-state index is -1.45. The van der Waals surface area contributed by atoms with Crippen LogP contribution in [-0.4, -0.2) is 91.9 Å². The summed E-state index contributed by atoms with van der Waals surface area (Å²) in [4.78, 5) is 20.6. The third-order valence-electron chi connectivity index (χ3n) is 3.07. The average Bonchev–Trinajstić information content (AvgIpc) is 2.46. The summed E-state index contributed by atoms with van der Waals surface area (Å²) in [5.41, 5.74) is 4.91. The van der Waals surface area contributed by atoms with E-state index in [1.807, 2.05) is 0 Å². The molecule has 7 atom stereocenters. The number of hydrogen-bond acceptors (Lipinski definition) is 9. The van der Waals surface area contributed by atoms with E-state index in [0.29, 0.717) is 0 Å². The average molecular weight is 340 g/mol. The van der Waals surface area contributed by atoms with E-state index in [2.05, 4.69) is 5.32 Å². The highest BCUT2D eigenvalue weighted by molar-refractivity contribution is 5.73. The molecule has 0 spiro atoms. The summed E-state index contributed by atoms with van der Waals surface area (Å²) in [6.45, 7) is 2.02. The zero-order valence-electron chi connectivity index (χ0n) is 12.7. The lowest BCUT2D eigenvalue weighted by Crippen LogP contribution is -2.63. The van der Waals surface area contributed by atoms with E-state index in [-0.39, 0.29) is 0 Å². The maximum absolute atomic E-state index is 10.7. The van der Waals surface area contributed by atoms with Crippen molar-refractivity contribution < 1.29 is 45.0 Å². The highest BCUT2D eigenvalue weighted by Crippen LogP contribution is 2.19. The van der Waals surface area contributed by atoms with Gasteiger partial charge >= 0.3 is 5.97 Å². The Morgan fingerprint density at radius 2 is 1.78 bits per heavy atom. The number of carbonyl (C=O) groups excluding carboxylic acids is 1. The van der Waals surface area contributed by atoms with Crippen LogP contribution in [0.3, 0.4) is 0 Å². The Kier molecular flexibility index (Phi) is 9.16.